The molecule has 0 amide bonds. The summed E-state index contributed by atoms with van der Waals surface area (Å²) in [7, 11) is 0. The number of aromatic nitrogens is 3. The van der Waals surface area contributed by atoms with Gasteiger partial charge in [-0.1, -0.05) is 167 Å². The van der Waals surface area contributed by atoms with Crippen molar-refractivity contribution in [1.82, 2.24) is 14.5 Å². The molecule has 6 aromatic carbocycles. The number of aryl methyl sites for hydroxylation is 2. The average molecular weight is 865 g/mol. The molecule has 0 bridgehead atoms. The molecule has 8 rings (SSSR count). The number of fused-ring (bicyclic) bond motifs is 1. The van der Waals surface area contributed by atoms with Crippen molar-refractivity contribution < 1.29 is 33.9 Å². The van der Waals surface area contributed by atoms with E-state index >= 15 is 0 Å². The van der Waals surface area contributed by atoms with Crippen LogP contribution in [0, 0.1) is 13.8 Å². The van der Waals surface area contributed by atoms with E-state index in [0.717, 1.165) is 27.8 Å². The Balaban J connectivity index is 1.60. The fourth-order valence-corrected chi connectivity index (χ4v) is 8.02. The molecule has 1 N–H and O–H groups in total. The minimum atomic E-state index is -4.23. The maximum absolute atomic E-state index is 13.0. The number of rotatable bonds is 6. The van der Waals surface area contributed by atoms with Crippen molar-refractivity contribution in [1.29, 1.82) is 0 Å². The van der Waals surface area contributed by atoms with Gasteiger partial charge in [0.15, 0.2) is 0 Å². The number of hydrogen-bond acceptors (Lipinski definition) is 3. The van der Waals surface area contributed by atoms with E-state index in [-0.39, 0.29) is 33.8 Å². The highest BCUT2D eigenvalue weighted by molar-refractivity contribution is 5.97. The van der Waals surface area contributed by atoms with Crippen LogP contribution in [0.4, 0.5) is 0 Å². The number of imidazole rings is 1. The van der Waals surface area contributed by atoms with Crippen LogP contribution in [0.3, 0.4) is 0 Å². The summed E-state index contributed by atoms with van der Waals surface area (Å²) in [6.45, 7) is -13.9. The summed E-state index contributed by atoms with van der Waals surface area (Å²) < 4.78 is 186. The molecule has 0 saturated heterocycles. The second-order valence-corrected chi connectivity index (χ2v) is 18.8. The quantitative estimate of drug-likeness (QED) is 0.181. The number of pyridine rings is 1. The van der Waals surface area contributed by atoms with Gasteiger partial charge in [0.1, 0.15) is 11.6 Å². The summed E-state index contributed by atoms with van der Waals surface area (Å²) in [5.41, 5.74) is -5.60. The predicted molar refractivity (Wildman–Crippen MR) is 272 cm³/mol. The van der Waals surface area contributed by atoms with Crippen LogP contribution in [-0.4, -0.2) is 19.6 Å². The first-order chi connectivity index (χ1) is 38.7. The van der Waals surface area contributed by atoms with E-state index in [4.69, 9.17) is 38.8 Å². The molecule has 0 saturated carbocycles. The molecule has 0 unspecified atom stereocenters. The SMILES string of the molecule is [2H]C([2H])([2H])c1cc(-c2ccc(C(C)(C)C)cc2)ccc1-n1c(-c2cc(C(C([2H])([2H])[2H])(C([2H])([2H])[2H])C([2H])([2H])[2H])cc(C(C([2H])([2H])[2H])(C([2H])([2H])[2H])C([2H])([2H])[2H])c2O)nc2c(-c3cc(-c4cc(-c5ccc(C)cc5)ccn4)cc(C(C)(C)C)c3)cccc21. The van der Waals surface area contributed by atoms with Crippen molar-refractivity contribution in [3.8, 4) is 67.5 Å². The van der Waals surface area contributed by atoms with E-state index < -0.39 is 92.5 Å². The van der Waals surface area contributed by atoms with Gasteiger partial charge in [0.05, 0.1) is 28.0 Å². The Morgan fingerprint density at radius 2 is 1.16 bits per heavy atom. The number of para-hydroxylation sites is 1. The van der Waals surface area contributed by atoms with Crippen LogP contribution in [0.15, 0.2) is 134 Å². The Kier molecular flexibility index (Phi) is 6.35. The summed E-state index contributed by atoms with van der Waals surface area (Å²) in [5.74, 6) is -2.12. The standard InChI is InChI=1S/C60H65N3O/c1-37-18-20-39(21-19-37)42-28-29-61-51(34-42)44-31-43(32-46(33-44)58(6,7)8)48-16-15-17-53-54(48)62-56(49-35-47(59(9,10)11)36-50(55(49)64)60(12,13)14)63(53)52-27-24-41(30-38(52)2)40-22-25-45(26-23-40)57(3,4)5/h15-36,64H,1-14H3/i2D3,9D3,10D3,11D3,12D3,13D3,14D3. The second kappa shape index (κ2) is 16.1. The molecule has 0 atom stereocenters. The zero-order valence-corrected chi connectivity index (χ0v) is 37.0. The number of nitrogens with zero attached hydrogens (tertiary/aromatic N) is 3. The Morgan fingerprint density at radius 3 is 1.81 bits per heavy atom. The first-order valence-corrected chi connectivity index (χ1v) is 21.0. The molecule has 2 aromatic heterocycles. The second-order valence-electron chi connectivity index (χ2n) is 18.8. The lowest BCUT2D eigenvalue weighted by atomic mass is 9.79. The van der Waals surface area contributed by atoms with Gasteiger partial charge in [-0.2, -0.15) is 0 Å². The van der Waals surface area contributed by atoms with Gasteiger partial charge in [0.2, 0.25) is 0 Å². The summed E-state index contributed by atoms with van der Waals surface area (Å²) in [6.07, 6.45) is 1.69. The van der Waals surface area contributed by atoms with Gasteiger partial charge in [0, 0.05) is 51.7 Å². The van der Waals surface area contributed by atoms with Crippen LogP contribution in [0.5, 0.6) is 5.75 Å². The summed E-state index contributed by atoms with van der Waals surface area (Å²) >= 11 is 0. The van der Waals surface area contributed by atoms with E-state index in [9.17, 15) is 5.11 Å². The van der Waals surface area contributed by atoms with E-state index in [1.807, 2.05) is 127 Å². The third kappa shape index (κ3) is 8.68. The Bertz CT molecular complexity index is 3750. The summed E-state index contributed by atoms with van der Waals surface area (Å²) in [4.78, 5) is 9.84. The first kappa shape index (κ1) is 25.3. The lowest BCUT2D eigenvalue weighted by Gasteiger charge is -2.27. The molecule has 0 aliphatic carbocycles. The molecule has 0 aliphatic rings. The highest BCUT2D eigenvalue weighted by Gasteiger charge is 2.29. The van der Waals surface area contributed by atoms with Gasteiger partial charge in [-0.3, -0.25) is 9.55 Å². The highest BCUT2D eigenvalue weighted by atomic mass is 16.3. The normalized spacial score (nSPS) is 18.8. The zero-order valence-electron chi connectivity index (χ0n) is 58.0. The summed E-state index contributed by atoms with van der Waals surface area (Å²) in [5, 5.41) is 13.0. The molecule has 64 heavy (non-hydrogen) atoms. The van der Waals surface area contributed by atoms with Crippen molar-refractivity contribution >= 4 is 11.0 Å². The molecule has 4 heteroatoms. The molecule has 0 spiro atoms. The topological polar surface area (TPSA) is 50.9 Å². The number of phenols is 1. The molecular formula is C60H65N3O. The van der Waals surface area contributed by atoms with Crippen molar-refractivity contribution in [3.63, 3.8) is 0 Å². The third-order valence-electron chi connectivity index (χ3n) is 11.7. The van der Waals surface area contributed by atoms with Gasteiger partial charge in [-0.05, 0) is 134 Å². The monoisotopic (exact) mass is 865 g/mol. The molecule has 0 aliphatic heterocycles. The predicted octanol–water partition coefficient (Wildman–Crippen LogP) is 16.3. The number of phenolic OH excluding ortho intramolecular Hbond substituents is 1. The fraction of sp³-hybridized carbons (Fsp3) is 0.300. The summed E-state index contributed by atoms with van der Waals surface area (Å²) in [6, 6.07) is 35.1. The molecule has 0 radical (unpaired) electrons. The first-order valence-electron chi connectivity index (χ1n) is 31.5. The van der Waals surface area contributed by atoms with Crippen LogP contribution in [0.2, 0.25) is 0 Å². The van der Waals surface area contributed by atoms with Crippen molar-refractivity contribution in [3.05, 3.63) is 167 Å². The van der Waals surface area contributed by atoms with Gasteiger partial charge in [-0.15, -0.1) is 0 Å². The number of aromatic hydroxyl groups is 1. The van der Waals surface area contributed by atoms with Crippen molar-refractivity contribution in [2.75, 3.05) is 0 Å². The average Bonchev–Trinajstić information content (AvgIpc) is 1.13. The van der Waals surface area contributed by atoms with Gasteiger partial charge < -0.3 is 5.11 Å². The number of benzene rings is 6. The minimum absolute atomic E-state index is 0.0167. The van der Waals surface area contributed by atoms with Crippen molar-refractivity contribution in [2.24, 2.45) is 0 Å². The molecule has 8 aromatic rings. The Morgan fingerprint density at radius 1 is 0.531 bits per heavy atom. The van der Waals surface area contributed by atoms with Crippen LogP contribution < -0.4 is 0 Å². The van der Waals surface area contributed by atoms with E-state index in [0.29, 0.717) is 39.6 Å². The largest absolute Gasteiger partial charge is 0.507 e. The van der Waals surface area contributed by atoms with Crippen LogP contribution in [0.1, 0.15) is 145 Å². The molecule has 4 nitrogen and oxygen atoms in total. The molecule has 0 fully saturated rings. The van der Waals surface area contributed by atoms with Gasteiger partial charge >= 0.3 is 0 Å². The Labute approximate surface area is 411 Å². The maximum Gasteiger partial charge on any atom is 0.149 e. The fourth-order valence-electron chi connectivity index (χ4n) is 8.02. The van der Waals surface area contributed by atoms with E-state index in [2.05, 4.69) is 0 Å². The lowest BCUT2D eigenvalue weighted by Crippen LogP contribution is -2.17. The lowest BCUT2D eigenvalue weighted by molar-refractivity contribution is 0.446. The van der Waals surface area contributed by atoms with Crippen LogP contribution >= 0.6 is 0 Å². The van der Waals surface area contributed by atoms with Crippen LogP contribution in [-0.2, 0) is 21.7 Å². The van der Waals surface area contributed by atoms with E-state index in [1.54, 1.807) is 24.4 Å². The van der Waals surface area contributed by atoms with Crippen molar-refractivity contribution in [2.45, 2.75) is 118 Å². The molecular weight excluding hydrogens is 779 g/mol. The van der Waals surface area contributed by atoms with Gasteiger partial charge in [-0.25, -0.2) is 4.98 Å². The smallest absolute Gasteiger partial charge is 0.149 e. The highest BCUT2D eigenvalue weighted by Crippen LogP contribution is 2.45. The molecule has 326 valence electrons. The Hall–Kier alpha value is -6.26. The van der Waals surface area contributed by atoms with Gasteiger partial charge in [0.25, 0.3) is 0 Å². The minimum Gasteiger partial charge on any atom is -0.507 e. The third-order valence-corrected chi connectivity index (χ3v) is 11.7. The number of hydrogen-bond donors (Lipinski definition) is 1. The maximum atomic E-state index is 13.0. The van der Waals surface area contributed by atoms with Crippen LogP contribution in [0.25, 0.3) is 72.7 Å². The van der Waals surface area contributed by atoms with E-state index in [1.165, 1.54) is 22.8 Å². The molecule has 2 heterocycles. The zero-order chi connectivity index (χ0) is 63.6.